The van der Waals surface area contributed by atoms with E-state index in [1.54, 1.807) is 16.7 Å². The third kappa shape index (κ3) is 9.80. The molecule has 0 aliphatic heterocycles. The minimum atomic E-state index is -1.49. The van der Waals surface area contributed by atoms with Crippen LogP contribution in [0.4, 0.5) is 4.79 Å². The first kappa shape index (κ1) is 39.4. The largest absolute Gasteiger partial charge is 0.519 e. The number of hydrogen-bond donors (Lipinski definition) is 3. The number of carbonyl (C=O) groups excluding carboxylic acids is 2. The summed E-state index contributed by atoms with van der Waals surface area (Å²) in [5.41, 5.74) is 8.20. The number of hydrogen-bond acceptors (Lipinski definition) is 14. The topological polar surface area (TPSA) is 254 Å². The van der Waals surface area contributed by atoms with Crippen LogP contribution in [0.5, 0.6) is 5.75 Å². The fourth-order valence-electron chi connectivity index (χ4n) is 5.49. The maximum absolute atomic E-state index is 13.6. The summed E-state index contributed by atoms with van der Waals surface area (Å²) < 4.78 is 22.3. The molecule has 0 spiro atoms. The van der Waals surface area contributed by atoms with Gasteiger partial charge in [0.15, 0.2) is 29.7 Å². The van der Waals surface area contributed by atoms with E-state index in [1.165, 1.54) is 45.0 Å². The van der Waals surface area contributed by atoms with Crippen molar-refractivity contribution in [1.29, 1.82) is 0 Å². The van der Waals surface area contributed by atoms with Gasteiger partial charge >= 0.3 is 17.9 Å². The van der Waals surface area contributed by atoms with E-state index < -0.39 is 28.6 Å². The second-order valence-corrected chi connectivity index (χ2v) is 12.7. The number of imidazole rings is 1. The lowest BCUT2D eigenvalue weighted by molar-refractivity contribution is -0.763. The monoisotopic (exact) mass is 757 g/mol. The summed E-state index contributed by atoms with van der Waals surface area (Å²) in [5, 5.41) is 25.0. The molecule has 0 saturated heterocycles. The van der Waals surface area contributed by atoms with Crippen LogP contribution in [-0.4, -0.2) is 42.8 Å². The van der Waals surface area contributed by atoms with Gasteiger partial charge in [-0.3, -0.25) is 0 Å². The molecule has 1 amide bonds. The molecule has 5 aromatic rings. The van der Waals surface area contributed by atoms with Gasteiger partial charge in [0.25, 0.3) is 5.09 Å². The zero-order valence-corrected chi connectivity index (χ0v) is 30.4. The van der Waals surface area contributed by atoms with Crippen molar-refractivity contribution < 1.29 is 42.9 Å². The Labute approximate surface area is 313 Å². The Morgan fingerprint density at radius 3 is 2.33 bits per heavy atom. The Balaban J connectivity index is 1.35. The predicted molar refractivity (Wildman–Crippen MR) is 195 cm³/mol. The molecule has 2 heterocycles. The molecule has 0 saturated carbocycles. The van der Waals surface area contributed by atoms with E-state index in [0.717, 1.165) is 11.1 Å². The van der Waals surface area contributed by atoms with Crippen molar-refractivity contribution in [1.82, 2.24) is 14.7 Å². The summed E-state index contributed by atoms with van der Waals surface area (Å²) in [6.45, 7) is 6.11. The summed E-state index contributed by atoms with van der Waals surface area (Å²) in [6.07, 6.45) is 0.180. The molecule has 55 heavy (non-hydrogen) atoms. The predicted octanol–water partition coefficient (Wildman–Crippen LogP) is 4.69. The molecule has 0 aliphatic rings. The first-order valence-electron chi connectivity index (χ1n) is 16.9. The number of amidine groups is 1. The van der Waals surface area contributed by atoms with E-state index in [1.807, 2.05) is 43.3 Å². The van der Waals surface area contributed by atoms with Gasteiger partial charge in [-0.1, -0.05) is 67.6 Å². The van der Waals surface area contributed by atoms with Crippen LogP contribution in [0.15, 0.2) is 91.5 Å². The molecule has 18 heteroatoms. The van der Waals surface area contributed by atoms with E-state index in [9.17, 15) is 29.6 Å². The highest BCUT2D eigenvalue weighted by Crippen LogP contribution is 2.29. The molecule has 288 valence electrons. The van der Waals surface area contributed by atoms with Gasteiger partial charge < -0.3 is 38.6 Å². The van der Waals surface area contributed by atoms with Crippen molar-refractivity contribution in [2.24, 2.45) is 16.7 Å². The molecule has 5 N–H and O–H groups in total. The lowest BCUT2D eigenvalue weighted by atomic mass is 9.98. The molecule has 3 aromatic carbocycles. The number of ether oxygens (including phenoxy) is 2. The standard InChI is InChI=1S/C37H39N7O11/c1-5-8-30-40-32(37(3,4)48)31(34(45)51-21-29-22(2)53-36(47)55-29)42(30)19-23-11-15-25(16-12-23)27-9-6-7-10-28(27)33(38)41-43(39)35(46)54-26-17-13-24(14-18-26)20-52-44(49)50/h6-7,9-18,48H,5,8,19-21,39H2,1-4H3,(H2,38,41). The van der Waals surface area contributed by atoms with E-state index >= 15 is 0 Å². The van der Waals surface area contributed by atoms with Crippen molar-refractivity contribution >= 4 is 17.9 Å². The highest BCUT2D eigenvalue weighted by molar-refractivity contribution is 6.03. The number of carbonyl (C=O) groups is 2. The zero-order valence-electron chi connectivity index (χ0n) is 30.4. The van der Waals surface area contributed by atoms with Gasteiger partial charge in [0.05, 0.1) is 0 Å². The summed E-state index contributed by atoms with van der Waals surface area (Å²) >= 11 is 0. The van der Waals surface area contributed by atoms with Crippen molar-refractivity contribution in [3.63, 3.8) is 0 Å². The van der Waals surface area contributed by atoms with Crippen LogP contribution in [0.2, 0.25) is 0 Å². The first-order chi connectivity index (χ1) is 26.1. The fraction of sp³-hybridized carbons (Fsp3) is 0.270. The van der Waals surface area contributed by atoms with Gasteiger partial charge in [-0.2, -0.15) is 0 Å². The number of aryl methyl sites for hydroxylation is 2. The summed E-state index contributed by atoms with van der Waals surface area (Å²) in [7, 11) is 0. The van der Waals surface area contributed by atoms with E-state index in [0.29, 0.717) is 40.5 Å². The maximum Gasteiger partial charge on any atom is 0.519 e. The fourth-order valence-corrected chi connectivity index (χ4v) is 5.49. The number of nitrogens with two attached hydrogens (primary N) is 2. The third-order valence-corrected chi connectivity index (χ3v) is 8.14. The van der Waals surface area contributed by atoms with Crippen LogP contribution in [-0.2, 0) is 41.4 Å². The second-order valence-electron chi connectivity index (χ2n) is 12.7. The van der Waals surface area contributed by atoms with Crippen molar-refractivity contribution in [3.8, 4) is 16.9 Å². The van der Waals surface area contributed by atoms with Crippen LogP contribution >= 0.6 is 0 Å². The number of aromatic nitrogens is 2. The third-order valence-electron chi connectivity index (χ3n) is 8.14. The molecular formula is C37H39N7O11. The number of nitrogens with zero attached hydrogens (tertiary/aromatic N) is 5. The summed E-state index contributed by atoms with van der Waals surface area (Å²) in [6, 6.07) is 20.3. The number of hydrazine groups is 1. The number of aliphatic hydroxyl groups is 1. The molecule has 0 atom stereocenters. The Morgan fingerprint density at radius 2 is 1.71 bits per heavy atom. The van der Waals surface area contributed by atoms with Crippen LogP contribution in [0.1, 0.15) is 77.4 Å². The summed E-state index contributed by atoms with van der Waals surface area (Å²) in [5.74, 6) is 5.03. The number of rotatable bonds is 15. The highest BCUT2D eigenvalue weighted by Gasteiger charge is 2.33. The van der Waals surface area contributed by atoms with E-state index in [2.05, 4.69) is 14.9 Å². The number of amides is 1. The highest BCUT2D eigenvalue weighted by atomic mass is 16.9. The lowest BCUT2D eigenvalue weighted by Gasteiger charge is -2.18. The second kappa shape index (κ2) is 16.9. The molecular weight excluding hydrogens is 718 g/mol. The molecule has 0 bridgehead atoms. The molecule has 0 unspecified atom stereocenters. The smallest absolute Gasteiger partial charge is 0.453 e. The number of hydrazone groups is 1. The average molecular weight is 758 g/mol. The van der Waals surface area contributed by atoms with Gasteiger partial charge in [-0.15, -0.1) is 20.3 Å². The Bertz CT molecular complexity index is 2250. The van der Waals surface area contributed by atoms with E-state index in [4.69, 9.17) is 29.9 Å². The van der Waals surface area contributed by atoms with Crippen molar-refractivity contribution in [2.75, 3.05) is 0 Å². The molecule has 0 aliphatic carbocycles. The SMILES string of the molecule is CCCc1nc(C(C)(C)O)c(C(=O)OCc2oc(=O)oc2C)n1Cc1ccc(-c2ccccc2/C(N)=N/N(N)C(=O)Oc2ccc(CO[N+](=O)[O-])cc2)cc1. The molecule has 0 fully saturated rings. The number of esters is 1. The van der Waals surface area contributed by atoms with Crippen LogP contribution < -0.4 is 22.1 Å². The Morgan fingerprint density at radius 1 is 1.04 bits per heavy atom. The lowest BCUT2D eigenvalue weighted by Crippen LogP contribution is -2.37. The minimum Gasteiger partial charge on any atom is -0.453 e. The van der Waals surface area contributed by atoms with Gasteiger partial charge in [-0.05, 0) is 61.6 Å². The zero-order chi connectivity index (χ0) is 39.9. The van der Waals surface area contributed by atoms with Gasteiger partial charge in [-0.25, -0.2) is 25.2 Å². The van der Waals surface area contributed by atoms with Gasteiger partial charge in [0.1, 0.15) is 29.5 Å². The summed E-state index contributed by atoms with van der Waals surface area (Å²) in [4.78, 5) is 57.1. The van der Waals surface area contributed by atoms with Crippen molar-refractivity contribution in [3.05, 3.63) is 139 Å². The van der Waals surface area contributed by atoms with Crippen molar-refractivity contribution in [2.45, 2.75) is 65.9 Å². The Kier molecular flexibility index (Phi) is 12.1. The number of benzene rings is 3. The van der Waals surface area contributed by atoms with Crippen LogP contribution in [0.3, 0.4) is 0 Å². The van der Waals surface area contributed by atoms with Gasteiger partial charge in [0.2, 0.25) is 0 Å². The maximum atomic E-state index is 13.6. The quantitative estimate of drug-likeness (QED) is 0.0249. The molecule has 2 aromatic heterocycles. The Hall–Kier alpha value is -6.79. The molecule has 5 rings (SSSR count). The first-order valence-corrected chi connectivity index (χ1v) is 16.9. The van der Waals surface area contributed by atoms with Crippen LogP contribution in [0.25, 0.3) is 11.1 Å². The molecule has 18 nitrogen and oxygen atoms in total. The normalized spacial score (nSPS) is 11.6. The molecule has 0 radical (unpaired) electrons. The van der Waals surface area contributed by atoms with Gasteiger partial charge in [0, 0.05) is 18.5 Å². The van der Waals surface area contributed by atoms with Crippen LogP contribution in [0, 0.1) is 17.0 Å². The minimum absolute atomic E-state index is 0.0574. The average Bonchev–Trinajstić information content (AvgIpc) is 3.68. The van der Waals surface area contributed by atoms with E-state index in [-0.39, 0.29) is 54.3 Å².